The van der Waals surface area contributed by atoms with E-state index in [1.807, 2.05) is 6.07 Å². The predicted octanol–water partition coefficient (Wildman–Crippen LogP) is 1.62. The van der Waals surface area contributed by atoms with Gasteiger partial charge in [0.2, 0.25) is 0 Å². The monoisotopic (exact) mass is 389 g/mol. The molecule has 0 radical (unpaired) electrons. The molecule has 2 aliphatic rings. The molecule has 7 nitrogen and oxygen atoms in total. The zero-order valence-electron chi connectivity index (χ0n) is 16.2. The Hall–Kier alpha value is -2.55. The third-order valence-electron chi connectivity index (χ3n) is 5.67. The quantitative estimate of drug-likeness (QED) is 0.791. The van der Waals surface area contributed by atoms with Crippen molar-refractivity contribution in [3.05, 3.63) is 36.4 Å². The first-order valence-corrected chi connectivity index (χ1v) is 9.59. The summed E-state index contributed by atoms with van der Waals surface area (Å²) in [4.78, 5) is 20.9. The minimum atomic E-state index is -0.623. The molecule has 0 N–H and O–H groups in total. The van der Waals surface area contributed by atoms with E-state index >= 15 is 0 Å². The lowest BCUT2D eigenvalue weighted by atomic mass is 10.2. The average molecular weight is 389 g/mol. The van der Waals surface area contributed by atoms with Crippen molar-refractivity contribution in [2.75, 3.05) is 67.6 Å². The van der Waals surface area contributed by atoms with E-state index in [2.05, 4.69) is 43.6 Å². The van der Waals surface area contributed by atoms with Crippen molar-refractivity contribution in [1.29, 1.82) is 0 Å². The van der Waals surface area contributed by atoms with Gasteiger partial charge in [0.05, 0.1) is 12.4 Å². The maximum Gasteiger partial charge on any atom is 0.167 e. The van der Waals surface area contributed by atoms with Gasteiger partial charge in [-0.05, 0) is 14.0 Å². The average Bonchev–Trinajstić information content (AvgIpc) is 2.70. The minimum absolute atomic E-state index is 0.00412. The Morgan fingerprint density at radius 1 is 0.857 bits per heavy atom. The molecule has 2 aromatic rings. The van der Waals surface area contributed by atoms with Crippen molar-refractivity contribution >= 4 is 17.3 Å². The molecule has 4 rings (SSSR count). The van der Waals surface area contributed by atoms with Gasteiger partial charge < -0.3 is 19.6 Å². The van der Waals surface area contributed by atoms with E-state index < -0.39 is 11.6 Å². The summed E-state index contributed by atoms with van der Waals surface area (Å²) < 4.78 is 28.0. The van der Waals surface area contributed by atoms with Gasteiger partial charge in [0.1, 0.15) is 23.7 Å². The summed E-state index contributed by atoms with van der Waals surface area (Å²) in [6.45, 7) is 7.39. The second kappa shape index (κ2) is 7.83. The summed E-state index contributed by atoms with van der Waals surface area (Å²) in [5.74, 6) is 0.537. The maximum atomic E-state index is 14.0. The number of piperazine rings is 2. The maximum absolute atomic E-state index is 14.0. The fourth-order valence-corrected chi connectivity index (χ4v) is 3.81. The van der Waals surface area contributed by atoms with Crippen LogP contribution in [0.5, 0.6) is 0 Å². The van der Waals surface area contributed by atoms with E-state index in [4.69, 9.17) is 0 Å². The fraction of sp³-hybridized carbons (Fsp3) is 0.526. The van der Waals surface area contributed by atoms with Crippen molar-refractivity contribution in [2.45, 2.75) is 13.0 Å². The lowest BCUT2D eigenvalue weighted by Gasteiger charge is -2.39. The van der Waals surface area contributed by atoms with Crippen molar-refractivity contribution in [1.82, 2.24) is 19.9 Å². The Balaban J connectivity index is 1.44. The molecule has 4 heterocycles. The van der Waals surface area contributed by atoms with Crippen LogP contribution in [0.3, 0.4) is 0 Å². The summed E-state index contributed by atoms with van der Waals surface area (Å²) in [5.41, 5.74) is 0.00412. The summed E-state index contributed by atoms with van der Waals surface area (Å²) in [7, 11) is 2.14. The normalized spacial score (nSPS) is 21.3. The molecule has 0 amide bonds. The molecule has 1 unspecified atom stereocenters. The molecule has 0 aromatic carbocycles. The first-order chi connectivity index (χ1) is 13.5. The molecule has 28 heavy (non-hydrogen) atoms. The SMILES string of the molecule is CC1CN(c2cc(N3CCN(c4c(F)cncc4F)CC3)ncn2)CCN1C. The molecule has 150 valence electrons. The smallest absolute Gasteiger partial charge is 0.167 e. The molecule has 0 saturated carbocycles. The van der Waals surface area contributed by atoms with Crippen LogP contribution in [0.4, 0.5) is 26.1 Å². The van der Waals surface area contributed by atoms with Gasteiger partial charge >= 0.3 is 0 Å². The lowest BCUT2D eigenvalue weighted by Crippen LogP contribution is -2.50. The number of hydrogen-bond donors (Lipinski definition) is 0. The second-order valence-corrected chi connectivity index (χ2v) is 7.44. The fourth-order valence-electron chi connectivity index (χ4n) is 3.81. The molecule has 0 aliphatic carbocycles. The third kappa shape index (κ3) is 3.71. The van der Waals surface area contributed by atoms with Crippen molar-refractivity contribution < 1.29 is 8.78 Å². The standard InChI is InChI=1S/C19H25F2N7/c1-14-12-28(4-3-25(14)2)18-9-17(23-13-24-18)26-5-7-27(8-6-26)19-15(20)10-22-11-16(19)21/h9-11,13-14H,3-8,12H2,1-2H3. The van der Waals surface area contributed by atoms with E-state index in [0.29, 0.717) is 32.2 Å². The number of likely N-dealkylation sites (N-methyl/N-ethyl adjacent to an activating group) is 1. The Labute approximate surface area is 163 Å². The molecular formula is C19H25F2N7. The summed E-state index contributed by atoms with van der Waals surface area (Å²) in [6.07, 6.45) is 3.71. The number of anilines is 3. The second-order valence-electron chi connectivity index (χ2n) is 7.44. The Morgan fingerprint density at radius 3 is 2.07 bits per heavy atom. The zero-order valence-corrected chi connectivity index (χ0v) is 16.2. The molecule has 1 atom stereocenters. The number of aromatic nitrogens is 3. The first kappa shape index (κ1) is 18.8. The Kier molecular flexibility index (Phi) is 5.25. The molecular weight excluding hydrogens is 364 g/mol. The molecule has 2 saturated heterocycles. The van der Waals surface area contributed by atoms with Gasteiger partial charge in [0.25, 0.3) is 0 Å². The van der Waals surface area contributed by atoms with E-state index in [9.17, 15) is 8.78 Å². The molecule has 0 bridgehead atoms. The van der Waals surface area contributed by atoms with Crippen LogP contribution in [0.25, 0.3) is 0 Å². The van der Waals surface area contributed by atoms with Gasteiger partial charge in [-0.2, -0.15) is 0 Å². The van der Waals surface area contributed by atoms with Gasteiger partial charge in [-0.15, -0.1) is 0 Å². The highest BCUT2D eigenvalue weighted by Crippen LogP contribution is 2.26. The number of halogens is 2. The van der Waals surface area contributed by atoms with Crippen molar-refractivity contribution in [2.24, 2.45) is 0 Å². The molecule has 0 spiro atoms. The van der Waals surface area contributed by atoms with Crippen LogP contribution < -0.4 is 14.7 Å². The van der Waals surface area contributed by atoms with E-state index in [1.54, 1.807) is 11.2 Å². The summed E-state index contributed by atoms with van der Waals surface area (Å²) in [5, 5.41) is 0. The van der Waals surface area contributed by atoms with E-state index in [0.717, 1.165) is 43.7 Å². The topological polar surface area (TPSA) is 51.6 Å². The van der Waals surface area contributed by atoms with Crippen LogP contribution in [0.2, 0.25) is 0 Å². The number of nitrogens with zero attached hydrogens (tertiary/aromatic N) is 7. The minimum Gasteiger partial charge on any atom is -0.363 e. The van der Waals surface area contributed by atoms with E-state index in [1.165, 1.54) is 0 Å². The summed E-state index contributed by atoms with van der Waals surface area (Å²) in [6, 6.07) is 2.49. The third-order valence-corrected chi connectivity index (χ3v) is 5.67. The van der Waals surface area contributed by atoms with Crippen LogP contribution in [-0.2, 0) is 0 Å². The number of hydrogen-bond acceptors (Lipinski definition) is 7. The highest BCUT2D eigenvalue weighted by molar-refractivity contribution is 5.53. The zero-order chi connectivity index (χ0) is 19.7. The molecule has 2 fully saturated rings. The lowest BCUT2D eigenvalue weighted by molar-refractivity contribution is 0.233. The van der Waals surface area contributed by atoms with Gasteiger partial charge in [0.15, 0.2) is 11.6 Å². The first-order valence-electron chi connectivity index (χ1n) is 9.59. The molecule has 2 aliphatic heterocycles. The largest absolute Gasteiger partial charge is 0.363 e. The van der Waals surface area contributed by atoms with Crippen LogP contribution in [-0.4, -0.2) is 78.8 Å². The van der Waals surface area contributed by atoms with Gasteiger partial charge in [-0.1, -0.05) is 0 Å². The number of pyridine rings is 1. The molecule has 2 aromatic heterocycles. The van der Waals surface area contributed by atoms with Gasteiger partial charge in [-0.25, -0.2) is 18.7 Å². The highest BCUT2D eigenvalue weighted by atomic mass is 19.1. The Bertz CT molecular complexity index is 805. The van der Waals surface area contributed by atoms with Crippen molar-refractivity contribution in [3.63, 3.8) is 0 Å². The van der Waals surface area contributed by atoms with Crippen LogP contribution in [0.15, 0.2) is 24.8 Å². The summed E-state index contributed by atoms with van der Waals surface area (Å²) >= 11 is 0. The van der Waals surface area contributed by atoms with Crippen LogP contribution in [0.1, 0.15) is 6.92 Å². The van der Waals surface area contributed by atoms with Gasteiger partial charge in [0, 0.05) is 57.9 Å². The van der Waals surface area contributed by atoms with Crippen LogP contribution in [0, 0.1) is 11.6 Å². The Morgan fingerprint density at radius 2 is 1.43 bits per heavy atom. The predicted molar refractivity (Wildman–Crippen MR) is 105 cm³/mol. The highest BCUT2D eigenvalue weighted by Gasteiger charge is 2.25. The van der Waals surface area contributed by atoms with Gasteiger partial charge in [-0.3, -0.25) is 4.98 Å². The van der Waals surface area contributed by atoms with Crippen LogP contribution >= 0.6 is 0 Å². The molecule has 9 heteroatoms. The van der Waals surface area contributed by atoms with Crippen molar-refractivity contribution in [3.8, 4) is 0 Å². The van der Waals surface area contributed by atoms with E-state index in [-0.39, 0.29) is 5.69 Å². The number of rotatable bonds is 3.